The van der Waals surface area contributed by atoms with Gasteiger partial charge in [0, 0.05) is 18.6 Å². The van der Waals surface area contributed by atoms with Gasteiger partial charge in [0.1, 0.15) is 23.5 Å². The average Bonchev–Trinajstić information content (AvgIpc) is 3.54. The smallest absolute Gasteiger partial charge is 0.444 e. The van der Waals surface area contributed by atoms with Gasteiger partial charge < -0.3 is 19.5 Å². The van der Waals surface area contributed by atoms with Gasteiger partial charge >= 0.3 is 12.2 Å². The number of nitro groups is 1. The molecule has 3 aromatic rings. The first-order valence-corrected chi connectivity index (χ1v) is 14.1. The minimum atomic E-state index is -1.07. The molecule has 2 unspecified atom stereocenters. The van der Waals surface area contributed by atoms with Gasteiger partial charge in [-0.2, -0.15) is 0 Å². The molecule has 0 aliphatic carbocycles. The van der Waals surface area contributed by atoms with Crippen molar-refractivity contribution in [2.24, 2.45) is 0 Å². The Labute approximate surface area is 246 Å². The fraction of sp³-hybridized carbons (Fsp3) is 0.379. The van der Waals surface area contributed by atoms with E-state index in [-0.39, 0.29) is 30.4 Å². The summed E-state index contributed by atoms with van der Waals surface area (Å²) < 4.78 is 16.0. The minimum Gasteiger partial charge on any atom is -0.444 e. The SMILES string of the molecule is Cc1ncsc1-c1ccc(C(C)NC(=O)[C@@H]2CC(OC(=O)Oc3ccc([N+](=O)[O-])cc3)CN2C(=O)OC(C)(C)C)cc1. The van der Waals surface area contributed by atoms with E-state index < -0.39 is 40.8 Å². The number of ether oxygens (including phenoxy) is 3. The predicted octanol–water partition coefficient (Wildman–Crippen LogP) is 5.80. The molecule has 0 spiro atoms. The van der Waals surface area contributed by atoms with E-state index in [1.165, 1.54) is 29.2 Å². The van der Waals surface area contributed by atoms with Gasteiger partial charge in [-0.25, -0.2) is 14.6 Å². The lowest BCUT2D eigenvalue weighted by Crippen LogP contribution is -2.48. The van der Waals surface area contributed by atoms with Crippen molar-refractivity contribution in [3.63, 3.8) is 0 Å². The second-order valence-electron chi connectivity index (χ2n) is 10.8. The average molecular weight is 597 g/mol. The van der Waals surface area contributed by atoms with E-state index in [9.17, 15) is 24.5 Å². The van der Waals surface area contributed by atoms with E-state index in [0.717, 1.165) is 21.7 Å². The fourth-order valence-electron chi connectivity index (χ4n) is 4.44. The zero-order valence-electron chi connectivity index (χ0n) is 23.9. The molecule has 1 aliphatic heterocycles. The molecule has 2 aromatic carbocycles. The highest BCUT2D eigenvalue weighted by Crippen LogP contribution is 2.29. The predicted molar refractivity (Wildman–Crippen MR) is 154 cm³/mol. The number of nitrogens with one attached hydrogen (secondary N) is 1. The number of nitrogens with zero attached hydrogens (tertiary/aromatic N) is 3. The molecule has 2 amide bonds. The van der Waals surface area contributed by atoms with E-state index in [0.29, 0.717) is 0 Å². The van der Waals surface area contributed by atoms with Crippen molar-refractivity contribution < 1.29 is 33.5 Å². The number of thiazole rings is 1. The zero-order chi connectivity index (χ0) is 30.6. The number of nitro benzene ring substituents is 1. The molecule has 0 bridgehead atoms. The summed E-state index contributed by atoms with van der Waals surface area (Å²) in [4.78, 5) is 55.8. The largest absolute Gasteiger partial charge is 0.514 e. The number of carbonyl (C=O) groups is 3. The van der Waals surface area contributed by atoms with Crippen LogP contribution in [0, 0.1) is 17.0 Å². The second kappa shape index (κ2) is 12.6. The molecule has 0 saturated carbocycles. The summed E-state index contributed by atoms with van der Waals surface area (Å²) in [5, 5.41) is 13.8. The molecule has 42 heavy (non-hydrogen) atoms. The summed E-state index contributed by atoms with van der Waals surface area (Å²) in [6.07, 6.45) is -2.61. The molecule has 12 nitrogen and oxygen atoms in total. The van der Waals surface area contributed by atoms with E-state index in [1.807, 2.05) is 38.1 Å². The lowest BCUT2D eigenvalue weighted by molar-refractivity contribution is -0.384. The highest BCUT2D eigenvalue weighted by atomic mass is 32.1. The van der Waals surface area contributed by atoms with Gasteiger partial charge in [-0.1, -0.05) is 24.3 Å². The van der Waals surface area contributed by atoms with Crippen molar-refractivity contribution in [3.8, 4) is 16.2 Å². The molecule has 1 aliphatic rings. The lowest BCUT2D eigenvalue weighted by atomic mass is 10.0. The van der Waals surface area contributed by atoms with Crippen molar-refractivity contribution in [2.45, 2.75) is 64.8 Å². The Morgan fingerprint density at radius 1 is 1.12 bits per heavy atom. The Morgan fingerprint density at radius 3 is 2.36 bits per heavy atom. The topological polar surface area (TPSA) is 150 Å². The molecule has 2 heterocycles. The van der Waals surface area contributed by atoms with Crippen LogP contribution in [0.25, 0.3) is 10.4 Å². The first-order valence-electron chi connectivity index (χ1n) is 13.2. The van der Waals surface area contributed by atoms with Crippen LogP contribution in [-0.2, 0) is 14.3 Å². The molecule has 1 fully saturated rings. The molecule has 1 aromatic heterocycles. The molecule has 3 atom stereocenters. The number of likely N-dealkylation sites (tertiary alicyclic amines) is 1. The van der Waals surface area contributed by atoms with Crippen LogP contribution in [0.15, 0.2) is 54.0 Å². The first-order chi connectivity index (χ1) is 19.8. The Morgan fingerprint density at radius 2 is 1.79 bits per heavy atom. The van der Waals surface area contributed by atoms with Crippen molar-refractivity contribution >= 4 is 35.2 Å². The summed E-state index contributed by atoms with van der Waals surface area (Å²) in [6.45, 7) is 8.85. The molecule has 1 saturated heterocycles. The van der Waals surface area contributed by atoms with Crippen LogP contribution in [0.2, 0.25) is 0 Å². The number of aromatic nitrogens is 1. The Kier molecular flexibility index (Phi) is 9.10. The third-order valence-electron chi connectivity index (χ3n) is 6.48. The molecule has 0 radical (unpaired) electrons. The lowest BCUT2D eigenvalue weighted by Gasteiger charge is -2.28. The van der Waals surface area contributed by atoms with Crippen molar-refractivity contribution in [2.75, 3.05) is 6.54 Å². The quantitative estimate of drug-likeness (QED) is 0.154. The Bertz CT molecular complexity index is 1450. The fourth-order valence-corrected chi connectivity index (χ4v) is 5.25. The van der Waals surface area contributed by atoms with Crippen LogP contribution in [0.1, 0.15) is 51.4 Å². The van der Waals surface area contributed by atoms with Gasteiger partial charge in [-0.3, -0.25) is 19.8 Å². The number of aryl methyl sites for hydroxylation is 1. The summed E-state index contributed by atoms with van der Waals surface area (Å²) in [5.41, 5.74) is 3.68. The summed E-state index contributed by atoms with van der Waals surface area (Å²) in [6, 6.07) is 11.4. The third kappa shape index (κ3) is 7.60. The minimum absolute atomic E-state index is 0.0246. The van der Waals surface area contributed by atoms with E-state index in [4.69, 9.17) is 14.2 Å². The second-order valence-corrected chi connectivity index (χ2v) is 11.7. The number of rotatable bonds is 7. The summed E-state index contributed by atoms with van der Waals surface area (Å²) in [7, 11) is 0. The van der Waals surface area contributed by atoms with Crippen LogP contribution in [0.5, 0.6) is 5.75 Å². The summed E-state index contributed by atoms with van der Waals surface area (Å²) >= 11 is 1.56. The molecule has 1 N–H and O–H groups in total. The first kappa shape index (κ1) is 30.4. The number of amides is 2. The number of benzene rings is 2. The number of carbonyl (C=O) groups excluding carboxylic acids is 3. The number of non-ortho nitro benzene ring substituents is 1. The van der Waals surface area contributed by atoms with Gasteiger partial charge in [-0.05, 0) is 57.9 Å². The highest BCUT2D eigenvalue weighted by Gasteiger charge is 2.43. The standard InChI is InChI=1S/C29H32N4O8S/c1-17(19-6-8-20(9-7-19)25-18(2)30-16-42-25)31-26(34)24-14-23(15-32(24)27(35)41-29(3,4)5)40-28(36)39-22-12-10-21(11-13-22)33(37)38/h6-13,16-17,23-24H,14-15H2,1-5H3,(H,31,34)/t17?,23?,24-/m0/s1. The van der Waals surface area contributed by atoms with Crippen LogP contribution >= 0.6 is 11.3 Å². The van der Waals surface area contributed by atoms with Crippen molar-refractivity contribution in [3.05, 3.63) is 75.4 Å². The Hall–Kier alpha value is -4.52. The van der Waals surface area contributed by atoms with E-state index in [1.54, 1.807) is 37.6 Å². The normalized spacial score (nSPS) is 17.3. The molecule has 4 rings (SSSR count). The molecule has 222 valence electrons. The Balaban J connectivity index is 1.42. The third-order valence-corrected chi connectivity index (χ3v) is 7.46. The van der Waals surface area contributed by atoms with Gasteiger partial charge in [0.2, 0.25) is 5.91 Å². The van der Waals surface area contributed by atoms with Crippen molar-refractivity contribution in [1.82, 2.24) is 15.2 Å². The van der Waals surface area contributed by atoms with Gasteiger partial charge in [0.15, 0.2) is 0 Å². The molecule has 13 heteroatoms. The summed E-state index contributed by atoms with van der Waals surface area (Å²) in [5.74, 6) is -0.377. The maximum atomic E-state index is 13.4. The maximum Gasteiger partial charge on any atom is 0.514 e. The zero-order valence-corrected chi connectivity index (χ0v) is 24.7. The van der Waals surface area contributed by atoms with Crippen molar-refractivity contribution in [1.29, 1.82) is 0 Å². The molecular formula is C29H32N4O8S. The molecular weight excluding hydrogens is 564 g/mol. The highest BCUT2D eigenvalue weighted by molar-refractivity contribution is 7.13. The van der Waals surface area contributed by atoms with Gasteiger partial charge in [-0.15, -0.1) is 11.3 Å². The monoisotopic (exact) mass is 596 g/mol. The van der Waals surface area contributed by atoms with Gasteiger partial charge in [0.25, 0.3) is 5.69 Å². The van der Waals surface area contributed by atoms with E-state index in [2.05, 4.69) is 10.3 Å². The maximum absolute atomic E-state index is 13.4. The van der Waals surface area contributed by atoms with Gasteiger partial charge in [0.05, 0.1) is 33.6 Å². The van der Waals surface area contributed by atoms with E-state index >= 15 is 0 Å². The van der Waals surface area contributed by atoms with Crippen LogP contribution in [-0.4, -0.2) is 57.3 Å². The number of hydrogen-bond acceptors (Lipinski definition) is 10. The van der Waals surface area contributed by atoms with Crippen LogP contribution in [0.3, 0.4) is 0 Å². The van der Waals surface area contributed by atoms with Crippen LogP contribution in [0.4, 0.5) is 15.3 Å². The number of hydrogen-bond donors (Lipinski definition) is 1. The van der Waals surface area contributed by atoms with Crippen LogP contribution < -0.4 is 10.1 Å².